The van der Waals surface area contributed by atoms with E-state index in [0.29, 0.717) is 6.54 Å². The zero-order chi connectivity index (χ0) is 23.2. The number of benzene rings is 1. The summed E-state index contributed by atoms with van der Waals surface area (Å²) in [6, 6.07) is 8.19. The number of hydrogen-bond acceptors (Lipinski definition) is 6. The average molecular weight is 450 g/mol. The maximum atomic E-state index is 10.6. The minimum Gasteiger partial charge on any atom is -0.304 e. The summed E-state index contributed by atoms with van der Waals surface area (Å²) in [7, 11) is 2.26. The Bertz CT molecular complexity index is 899. The van der Waals surface area contributed by atoms with Crippen LogP contribution in [0.15, 0.2) is 36.9 Å². The number of hydrogen-bond donors (Lipinski definition) is 0. The Balaban J connectivity index is 0.000000165. The number of likely N-dealkylation sites (N-methyl/N-ethyl adjacent to an activating group) is 1. The fourth-order valence-electron chi connectivity index (χ4n) is 5.23. The fraction of sp³-hybridized carbons (Fsp3) is 0.593. The summed E-state index contributed by atoms with van der Waals surface area (Å²) >= 11 is 0. The average Bonchev–Trinajstić information content (AvgIpc) is 2.80. The van der Waals surface area contributed by atoms with Crippen LogP contribution in [0.2, 0.25) is 0 Å². The highest BCUT2D eigenvalue weighted by atomic mass is 16.1. The fourth-order valence-corrected chi connectivity index (χ4v) is 5.23. The molecule has 1 aromatic carbocycles. The number of piperazine rings is 1. The molecule has 0 bridgehead atoms. The Morgan fingerprint density at radius 2 is 1.85 bits per heavy atom. The molecule has 1 aromatic heterocycles. The van der Waals surface area contributed by atoms with Gasteiger partial charge in [0.05, 0.1) is 6.54 Å². The molecule has 5 rings (SSSR count). The van der Waals surface area contributed by atoms with E-state index in [-0.39, 0.29) is 0 Å². The van der Waals surface area contributed by atoms with Crippen molar-refractivity contribution in [3.63, 3.8) is 0 Å². The zero-order valence-corrected chi connectivity index (χ0v) is 20.5. The summed E-state index contributed by atoms with van der Waals surface area (Å²) in [4.78, 5) is 26.1. The third kappa shape index (κ3) is 6.05. The number of carbonyl (C=O) groups excluding carboxylic acids is 1. The van der Waals surface area contributed by atoms with E-state index in [9.17, 15) is 4.79 Å². The highest BCUT2D eigenvalue weighted by Crippen LogP contribution is 2.30. The number of nitrogens with zero attached hydrogens (tertiary/aromatic N) is 5. The lowest BCUT2D eigenvalue weighted by molar-refractivity contribution is -0.109. The molecule has 6 heteroatoms. The molecule has 0 amide bonds. The number of rotatable bonds is 5. The third-order valence-corrected chi connectivity index (χ3v) is 7.50. The lowest BCUT2D eigenvalue weighted by Crippen LogP contribution is -2.58. The number of fused-ring (bicyclic) bond motifs is 1. The number of aromatic nitrogens is 2. The van der Waals surface area contributed by atoms with Gasteiger partial charge in [-0.25, -0.2) is 9.97 Å². The van der Waals surface area contributed by atoms with E-state index in [0.717, 1.165) is 54.9 Å². The van der Waals surface area contributed by atoms with E-state index in [2.05, 4.69) is 63.8 Å². The molecule has 0 spiro atoms. The SMILES string of the molecule is CC(C)C1CN(C)CCN1C1CCC1.O=CCN1CCc2cc(-c3cncnc3)ccc2C1. The second-order valence-corrected chi connectivity index (χ2v) is 10.2. The Morgan fingerprint density at radius 3 is 2.52 bits per heavy atom. The van der Waals surface area contributed by atoms with Crippen LogP contribution < -0.4 is 0 Å². The van der Waals surface area contributed by atoms with Crippen LogP contribution in [0.5, 0.6) is 0 Å². The molecule has 2 aromatic rings. The highest BCUT2D eigenvalue weighted by Gasteiger charge is 2.34. The van der Waals surface area contributed by atoms with Gasteiger partial charge in [-0.1, -0.05) is 38.5 Å². The molecule has 1 aliphatic carbocycles. The molecule has 6 nitrogen and oxygen atoms in total. The molecule has 0 N–H and O–H groups in total. The van der Waals surface area contributed by atoms with Gasteiger partial charge in [-0.2, -0.15) is 0 Å². The summed E-state index contributed by atoms with van der Waals surface area (Å²) in [6.45, 7) is 10.9. The van der Waals surface area contributed by atoms with Crippen LogP contribution in [0.1, 0.15) is 44.2 Å². The first-order valence-electron chi connectivity index (χ1n) is 12.5. The molecule has 3 heterocycles. The molecule has 33 heavy (non-hydrogen) atoms. The summed E-state index contributed by atoms with van der Waals surface area (Å²) in [5.41, 5.74) is 4.88. The molecule has 0 radical (unpaired) electrons. The van der Waals surface area contributed by atoms with Gasteiger partial charge in [-0.3, -0.25) is 9.80 Å². The van der Waals surface area contributed by atoms with Gasteiger partial charge in [0.1, 0.15) is 12.6 Å². The second kappa shape index (κ2) is 11.3. The normalized spacial score (nSPS) is 22.2. The van der Waals surface area contributed by atoms with Gasteiger partial charge in [0, 0.05) is 62.8 Å². The molecule has 178 valence electrons. The summed E-state index contributed by atoms with van der Waals surface area (Å²) in [5.74, 6) is 0.804. The van der Waals surface area contributed by atoms with E-state index in [4.69, 9.17) is 0 Å². The van der Waals surface area contributed by atoms with E-state index in [1.54, 1.807) is 6.33 Å². The van der Waals surface area contributed by atoms with Crippen molar-refractivity contribution < 1.29 is 4.79 Å². The van der Waals surface area contributed by atoms with Gasteiger partial charge >= 0.3 is 0 Å². The second-order valence-electron chi connectivity index (χ2n) is 10.2. The molecule has 1 unspecified atom stereocenters. The summed E-state index contributed by atoms with van der Waals surface area (Å²) < 4.78 is 0. The van der Waals surface area contributed by atoms with Gasteiger partial charge in [0.2, 0.25) is 0 Å². The molecular weight excluding hydrogens is 410 g/mol. The lowest BCUT2D eigenvalue weighted by atomic mass is 9.87. The zero-order valence-electron chi connectivity index (χ0n) is 20.5. The lowest BCUT2D eigenvalue weighted by Gasteiger charge is -2.49. The van der Waals surface area contributed by atoms with Crippen molar-refractivity contribution in [3.8, 4) is 11.1 Å². The highest BCUT2D eigenvalue weighted by molar-refractivity contribution is 5.63. The van der Waals surface area contributed by atoms with Crippen LogP contribution in [-0.2, 0) is 17.8 Å². The van der Waals surface area contributed by atoms with Crippen molar-refractivity contribution in [2.75, 3.05) is 39.8 Å². The smallest absolute Gasteiger partial charge is 0.133 e. The van der Waals surface area contributed by atoms with Crippen LogP contribution in [-0.4, -0.2) is 82.8 Å². The van der Waals surface area contributed by atoms with Crippen molar-refractivity contribution in [2.45, 2.75) is 58.2 Å². The minimum absolute atomic E-state index is 0.522. The molecule has 1 atom stereocenters. The Kier molecular flexibility index (Phi) is 8.23. The van der Waals surface area contributed by atoms with Crippen LogP contribution >= 0.6 is 0 Å². The van der Waals surface area contributed by atoms with Crippen molar-refractivity contribution in [2.24, 2.45) is 5.92 Å². The molecule has 1 saturated carbocycles. The monoisotopic (exact) mass is 449 g/mol. The van der Waals surface area contributed by atoms with Gasteiger partial charge < -0.3 is 9.69 Å². The van der Waals surface area contributed by atoms with E-state index < -0.39 is 0 Å². The Morgan fingerprint density at radius 1 is 1.06 bits per heavy atom. The van der Waals surface area contributed by atoms with Gasteiger partial charge in [-0.15, -0.1) is 0 Å². The third-order valence-electron chi connectivity index (χ3n) is 7.50. The van der Waals surface area contributed by atoms with Crippen LogP contribution in [0.3, 0.4) is 0 Å². The minimum atomic E-state index is 0.522. The molecule has 2 aliphatic heterocycles. The molecule has 2 fully saturated rings. The molecular formula is C27H39N5O. The van der Waals surface area contributed by atoms with Crippen LogP contribution in [0.25, 0.3) is 11.1 Å². The quantitative estimate of drug-likeness (QED) is 0.651. The molecule has 3 aliphatic rings. The van der Waals surface area contributed by atoms with E-state index >= 15 is 0 Å². The van der Waals surface area contributed by atoms with Crippen molar-refractivity contribution in [1.82, 2.24) is 24.7 Å². The Hall–Kier alpha value is -2.15. The predicted molar refractivity (Wildman–Crippen MR) is 133 cm³/mol. The summed E-state index contributed by atoms with van der Waals surface area (Å²) in [6.07, 6.45) is 11.5. The first kappa shape index (κ1) is 24.0. The Labute approximate surface area is 199 Å². The van der Waals surface area contributed by atoms with Gasteiger partial charge in [-0.05, 0) is 48.9 Å². The van der Waals surface area contributed by atoms with Crippen molar-refractivity contribution in [1.29, 1.82) is 0 Å². The predicted octanol–water partition coefficient (Wildman–Crippen LogP) is 3.51. The number of carbonyl (C=O) groups is 1. The topological polar surface area (TPSA) is 52.6 Å². The van der Waals surface area contributed by atoms with Gasteiger partial charge in [0.25, 0.3) is 0 Å². The van der Waals surface area contributed by atoms with E-state index in [1.807, 2.05) is 12.4 Å². The largest absolute Gasteiger partial charge is 0.304 e. The first-order chi connectivity index (χ1) is 16.0. The van der Waals surface area contributed by atoms with Crippen molar-refractivity contribution >= 4 is 6.29 Å². The standard InChI is InChI=1S/C15H15N3O.C12H24N2/c19-6-5-18-4-3-13-7-12(1-2-14(13)10-18)15-8-16-11-17-9-15;1-10(2)12-9-13(3)7-8-14(12)11-5-4-6-11/h1-2,6-9,11H,3-5,10H2;10-12H,4-9H2,1-3H3. The maximum Gasteiger partial charge on any atom is 0.133 e. The van der Waals surface area contributed by atoms with Crippen molar-refractivity contribution in [3.05, 3.63) is 48.0 Å². The molecule has 1 saturated heterocycles. The maximum absolute atomic E-state index is 10.6. The summed E-state index contributed by atoms with van der Waals surface area (Å²) in [5, 5.41) is 0. The number of aldehydes is 1. The van der Waals surface area contributed by atoms with Crippen LogP contribution in [0.4, 0.5) is 0 Å². The first-order valence-corrected chi connectivity index (χ1v) is 12.5. The van der Waals surface area contributed by atoms with Crippen LogP contribution in [0, 0.1) is 5.92 Å². The van der Waals surface area contributed by atoms with Gasteiger partial charge in [0.15, 0.2) is 0 Å². The van der Waals surface area contributed by atoms with E-state index in [1.165, 1.54) is 50.0 Å².